The molecule has 1 unspecified atom stereocenters. The number of halogens is 3. The van der Waals surface area contributed by atoms with Crippen LogP contribution in [0, 0.1) is 13.8 Å². The molecule has 0 spiro atoms. The summed E-state index contributed by atoms with van der Waals surface area (Å²) < 4.78 is 1.12. The monoisotopic (exact) mass is 264 g/mol. The average Bonchev–Trinajstić information content (AvgIpc) is 2.11. The van der Waals surface area contributed by atoms with Crippen molar-refractivity contribution in [2.75, 3.05) is 0 Å². The fourth-order valence-corrected chi connectivity index (χ4v) is 7.90. The summed E-state index contributed by atoms with van der Waals surface area (Å²) in [6.45, 7) is 4.10. The van der Waals surface area contributed by atoms with Crippen LogP contribution in [0.5, 0.6) is 0 Å². The summed E-state index contributed by atoms with van der Waals surface area (Å²) >= 11 is -3.05. The Bertz CT molecular complexity index is 263. The Morgan fingerprint density at radius 3 is 2.00 bits per heavy atom. The van der Waals surface area contributed by atoms with E-state index >= 15 is 0 Å². The molecular formula is C6H8Cl3PTi. The SMILES string of the molecule is Cc1c[pH][c]([Ti]([Cl])([Cl])[Cl])c1C. The van der Waals surface area contributed by atoms with Crippen LogP contribution in [0.15, 0.2) is 5.80 Å². The molecule has 1 heterocycles. The van der Waals surface area contributed by atoms with Gasteiger partial charge in [0.05, 0.1) is 0 Å². The topological polar surface area (TPSA) is 0 Å². The predicted molar refractivity (Wildman–Crippen MR) is 52.6 cm³/mol. The third kappa shape index (κ3) is 2.40. The quantitative estimate of drug-likeness (QED) is 0.681. The van der Waals surface area contributed by atoms with Crippen LogP contribution in [0.1, 0.15) is 11.1 Å². The van der Waals surface area contributed by atoms with Crippen LogP contribution in [0.3, 0.4) is 0 Å². The van der Waals surface area contributed by atoms with Crippen molar-refractivity contribution in [1.29, 1.82) is 0 Å². The number of hydrogen-bond acceptors (Lipinski definition) is 0. The first-order valence-electron chi connectivity index (χ1n) is 3.14. The second-order valence-electron chi connectivity index (χ2n) is 2.47. The number of rotatable bonds is 1. The van der Waals surface area contributed by atoms with E-state index in [9.17, 15) is 0 Å². The van der Waals surface area contributed by atoms with Crippen LogP contribution in [-0.2, 0) is 13.4 Å². The summed E-state index contributed by atoms with van der Waals surface area (Å²) in [4.78, 5) is 0. The molecule has 0 amide bonds. The molecule has 0 saturated heterocycles. The summed E-state index contributed by atoms with van der Waals surface area (Å²) in [7, 11) is 18.4. The first kappa shape index (κ1) is 10.4. The van der Waals surface area contributed by atoms with E-state index in [0.29, 0.717) is 8.19 Å². The Morgan fingerprint density at radius 1 is 1.27 bits per heavy atom. The Labute approximate surface area is 83.3 Å². The normalized spacial score (nSPS) is 12.8. The molecule has 0 aliphatic carbocycles. The average molecular weight is 265 g/mol. The van der Waals surface area contributed by atoms with Gasteiger partial charge in [0.1, 0.15) is 0 Å². The standard InChI is InChI=1S/C6H8P.3ClH.Ti/c1-5-3-7-4-6(5)2;;;;/h3,7H,1-2H3;3*1H;/q;;;;+3/p-3. The predicted octanol–water partition coefficient (Wildman–Crippen LogP) is 3.58. The maximum atomic E-state index is 5.93. The summed E-state index contributed by atoms with van der Waals surface area (Å²) in [6, 6.07) is 0. The maximum absolute atomic E-state index is 5.93. The van der Waals surface area contributed by atoms with Crippen molar-refractivity contribution in [1.82, 2.24) is 0 Å². The van der Waals surface area contributed by atoms with E-state index in [4.69, 9.17) is 27.9 Å². The van der Waals surface area contributed by atoms with Gasteiger partial charge in [-0.05, 0) is 0 Å². The van der Waals surface area contributed by atoms with Gasteiger partial charge in [0, 0.05) is 0 Å². The van der Waals surface area contributed by atoms with Gasteiger partial charge in [-0.1, -0.05) is 0 Å². The molecule has 0 N–H and O–H groups in total. The molecule has 0 nitrogen and oxygen atoms in total. The number of aryl methyl sites for hydroxylation is 1. The molecule has 0 aliphatic heterocycles. The van der Waals surface area contributed by atoms with Gasteiger partial charge >= 0.3 is 83.9 Å². The first-order chi connectivity index (χ1) is 4.93. The fraction of sp³-hybridized carbons (Fsp3) is 0.333. The molecular weight excluding hydrogens is 257 g/mol. The van der Waals surface area contributed by atoms with E-state index in [1.54, 1.807) is 0 Å². The van der Waals surface area contributed by atoms with Crippen molar-refractivity contribution in [3.05, 3.63) is 16.9 Å². The Kier molecular flexibility index (Phi) is 3.44. The van der Waals surface area contributed by atoms with Gasteiger partial charge in [0.2, 0.25) is 0 Å². The van der Waals surface area contributed by atoms with Crippen molar-refractivity contribution >= 4 is 39.7 Å². The molecule has 0 bridgehead atoms. The minimum absolute atomic E-state index is 0.617. The zero-order valence-electron chi connectivity index (χ0n) is 6.21. The van der Waals surface area contributed by atoms with E-state index in [2.05, 4.69) is 12.7 Å². The second kappa shape index (κ2) is 3.62. The molecule has 0 saturated carbocycles. The summed E-state index contributed by atoms with van der Waals surface area (Å²) in [5, 5.41) is 0. The fourth-order valence-electron chi connectivity index (χ4n) is 0.889. The van der Waals surface area contributed by atoms with Gasteiger partial charge in [-0.2, -0.15) is 0 Å². The molecule has 0 fully saturated rings. The molecule has 11 heavy (non-hydrogen) atoms. The molecule has 1 aromatic heterocycles. The Hall–Kier alpha value is 1.36. The molecule has 5 heteroatoms. The van der Waals surface area contributed by atoms with Crippen LogP contribution in [0.25, 0.3) is 0 Å². The third-order valence-electron chi connectivity index (χ3n) is 1.68. The van der Waals surface area contributed by atoms with Gasteiger partial charge < -0.3 is 0 Å². The van der Waals surface area contributed by atoms with E-state index in [1.807, 2.05) is 6.92 Å². The van der Waals surface area contributed by atoms with E-state index in [-0.39, 0.29) is 0 Å². The van der Waals surface area contributed by atoms with Crippen molar-refractivity contribution < 1.29 is 13.4 Å². The molecule has 0 radical (unpaired) electrons. The molecule has 62 valence electrons. The molecule has 1 rings (SSSR count). The van der Waals surface area contributed by atoms with Crippen LogP contribution in [0.4, 0.5) is 0 Å². The van der Waals surface area contributed by atoms with E-state index in [0.717, 1.165) is 3.60 Å². The van der Waals surface area contributed by atoms with Crippen molar-refractivity contribution in [2.24, 2.45) is 0 Å². The van der Waals surface area contributed by atoms with Gasteiger partial charge in [-0.3, -0.25) is 0 Å². The summed E-state index contributed by atoms with van der Waals surface area (Å²) in [6.07, 6.45) is 0. The molecule has 1 aromatic rings. The third-order valence-corrected chi connectivity index (χ3v) is 10.9. The molecule has 0 aromatic carbocycles. The Balaban J connectivity index is 3.15. The molecule has 1 atom stereocenters. The van der Waals surface area contributed by atoms with Crippen molar-refractivity contribution in [3.63, 3.8) is 0 Å². The minimum atomic E-state index is -3.05. The summed E-state index contributed by atoms with van der Waals surface area (Å²) in [5.41, 5.74) is 2.48. The van der Waals surface area contributed by atoms with E-state index in [1.165, 1.54) is 11.1 Å². The summed E-state index contributed by atoms with van der Waals surface area (Å²) in [5.74, 6) is 2.15. The van der Waals surface area contributed by atoms with Crippen LogP contribution in [-0.4, -0.2) is 0 Å². The van der Waals surface area contributed by atoms with Crippen LogP contribution < -0.4 is 3.60 Å². The van der Waals surface area contributed by atoms with Crippen LogP contribution >= 0.6 is 36.1 Å². The van der Waals surface area contributed by atoms with Crippen LogP contribution in [0.2, 0.25) is 0 Å². The van der Waals surface area contributed by atoms with Crippen molar-refractivity contribution in [3.8, 4) is 0 Å². The van der Waals surface area contributed by atoms with E-state index < -0.39 is 13.4 Å². The molecule has 0 aliphatic rings. The zero-order valence-corrected chi connectivity index (χ0v) is 11.0. The first-order valence-corrected chi connectivity index (χ1v) is 11.4. The van der Waals surface area contributed by atoms with Gasteiger partial charge in [0.15, 0.2) is 0 Å². The Morgan fingerprint density at radius 2 is 1.82 bits per heavy atom. The van der Waals surface area contributed by atoms with Gasteiger partial charge in [0.25, 0.3) is 0 Å². The van der Waals surface area contributed by atoms with Crippen molar-refractivity contribution in [2.45, 2.75) is 13.8 Å². The zero-order chi connectivity index (χ0) is 8.65. The van der Waals surface area contributed by atoms with Gasteiger partial charge in [-0.15, -0.1) is 0 Å². The second-order valence-corrected chi connectivity index (χ2v) is 16.1. The van der Waals surface area contributed by atoms with Gasteiger partial charge in [-0.25, -0.2) is 0 Å². The number of hydrogen-bond donors (Lipinski definition) is 0.